The molecule has 1 aromatic carbocycles. The van der Waals surface area contributed by atoms with Crippen molar-refractivity contribution in [3.8, 4) is 5.75 Å². The van der Waals surface area contributed by atoms with E-state index < -0.39 is 0 Å². The van der Waals surface area contributed by atoms with E-state index in [1.54, 1.807) is 7.11 Å². The summed E-state index contributed by atoms with van der Waals surface area (Å²) in [6, 6.07) is 6.65. The first-order chi connectivity index (χ1) is 13.1. The molecule has 1 aliphatic rings. The number of aryl methyl sites for hydroxylation is 1. The van der Waals surface area contributed by atoms with Crippen LogP contribution in [0.15, 0.2) is 23.2 Å². The van der Waals surface area contributed by atoms with Crippen LogP contribution in [-0.4, -0.2) is 44.7 Å². The zero-order valence-corrected chi connectivity index (χ0v) is 16.9. The van der Waals surface area contributed by atoms with Gasteiger partial charge in [-0.15, -0.1) is 0 Å². The van der Waals surface area contributed by atoms with Crippen molar-refractivity contribution in [2.24, 2.45) is 4.99 Å². The van der Waals surface area contributed by atoms with Crippen LogP contribution < -0.4 is 20.7 Å². The minimum absolute atomic E-state index is 0.105. The van der Waals surface area contributed by atoms with Crippen molar-refractivity contribution in [1.82, 2.24) is 16.0 Å². The van der Waals surface area contributed by atoms with Crippen LogP contribution in [0.25, 0.3) is 0 Å². The Morgan fingerprint density at radius 3 is 2.74 bits per heavy atom. The summed E-state index contributed by atoms with van der Waals surface area (Å²) in [7, 11) is 1.70. The molecular weight excluding hydrogens is 340 g/mol. The molecule has 0 atom stereocenters. The lowest BCUT2D eigenvalue weighted by Gasteiger charge is -2.13. The van der Waals surface area contributed by atoms with Crippen molar-refractivity contribution < 1.29 is 9.53 Å². The Morgan fingerprint density at radius 2 is 2.04 bits per heavy atom. The van der Waals surface area contributed by atoms with Crippen LogP contribution in [0.4, 0.5) is 0 Å². The molecule has 2 rings (SSSR count). The number of hydrogen-bond donors (Lipinski definition) is 3. The number of carbonyl (C=O) groups is 1. The molecule has 0 radical (unpaired) electrons. The van der Waals surface area contributed by atoms with Crippen molar-refractivity contribution in [3.05, 3.63) is 29.3 Å². The monoisotopic (exact) mass is 374 g/mol. The number of nitrogens with one attached hydrogen (secondary N) is 3. The quantitative estimate of drug-likeness (QED) is 0.459. The van der Waals surface area contributed by atoms with Crippen LogP contribution in [-0.2, 0) is 11.2 Å². The average Bonchev–Trinajstić information content (AvgIpc) is 3.16. The van der Waals surface area contributed by atoms with Crippen LogP contribution in [0.5, 0.6) is 5.75 Å². The summed E-state index contributed by atoms with van der Waals surface area (Å²) >= 11 is 0. The summed E-state index contributed by atoms with van der Waals surface area (Å²) in [5.74, 6) is 1.78. The van der Waals surface area contributed by atoms with Crippen molar-refractivity contribution in [1.29, 1.82) is 0 Å². The molecule has 1 fully saturated rings. The smallest absolute Gasteiger partial charge is 0.222 e. The van der Waals surface area contributed by atoms with E-state index in [0.29, 0.717) is 19.0 Å². The average molecular weight is 375 g/mol. The van der Waals surface area contributed by atoms with Gasteiger partial charge in [-0.2, -0.15) is 0 Å². The zero-order valence-electron chi connectivity index (χ0n) is 16.9. The highest BCUT2D eigenvalue weighted by atomic mass is 16.5. The number of guanidine groups is 1. The molecule has 1 aromatic rings. The topological polar surface area (TPSA) is 74.8 Å². The summed E-state index contributed by atoms with van der Waals surface area (Å²) in [4.78, 5) is 16.5. The first-order valence-electron chi connectivity index (χ1n) is 10.1. The lowest BCUT2D eigenvalue weighted by atomic mass is 10.1. The summed E-state index contributed by atoms with van der Waals surface area (Å²) in [6.45, 7) is 6.13. The normalized spacial score (nSPS) is 14.9. The number of aliphatic imine (C=N–C) groups is 1. The number of nitrogens with zero attached hydrogens (tertiary/aromatic N) is 1. The fourth-order valence-electron chi connectivity index (χ4n) is 3.33. The second-order valence-corrected chi connectivity index (χ2v) is 7.04. The summed E-state index contributed by atoms with van der Waals surface area (Å²) in [5, 5.41) is 9.67. The van der Waals surface area contributed by atoms with E-state index in [-0.39, 0.29) is 5.91 Å². The fraction of sp³-hybridized carbons (Fsp3) is 0.619. The number of ether oxygens (including phenoxy) is 1. The highest BCUT2D eigenvalue weighted by Crippen LogP contribution is 2.19. The van der Waals surface area contributed by atoms with Gasteiger partial charge < -0.3 is 20.7 Å². The molecule has 1 saturated carbocycles. The number of hydrogen-bond acceptors (Lipinski definition) is 3. The molecule has 150 valence electrons. The molecule has 0 bridgehead atoms. The number of methoxy groups -OCH3 is 1. The minimum atomic E-state index is 0.105. The zero-order chi connectivity index (χ0) is 19.5. The van der Waals surface area contributed by atoms with Gasteiger partial charge in [-0.05, 0) is 50.3 Å². The van der Waals surface area contributed by atoms with Crippen LogP contribution in [0.2, 0.25) is 0 Å². The van der Waals surface area contributed by atoms with E-state index in [0.717, 1.165) is 49.6 Å². The van der Waals surface area contributed by atoms with Crippen molar-refractivity contribution in [2.45, 2.75) is 58.4 Å². The SMILES string of the molecule is CCNC(=NCCC(=O)NC1CCCC1)NCCc1ccc(C)c(OC)c1. The van der Waals surface area contributed by atoms with E-state index in [1.807, 2.05) is 13.8 Å². The lowest BCUT2D eigenvalue weighted by Crippen LogP contribution is -2.38. The van der Waals surface area contributed by atoms with E-state index in [1.165, 1.54) is 18.4 Å². The number of carbonyl (C=O) groups excluding carboxylic acids is 1. The standard InChI is InChI=1S/C21H34N4O2/c1-4-22-21(24-14-12-20(26)25-18-7-5-6-8-18)23-13-11-17-10-9-16(2)19(15-17)27-3/h9-10,15,18H,4-8,11-14H2,1-3H3,(H,25,26)(H2,22,23,24). The molecule has 0 aliphatic heterocycles. The highest BCUT2D eigenvalue weighted by molar-refractivity contribution is 5.80. The van der Waals surface area contributed by atoms with Crippen LogP contribution in [0.3, 0.4) is 0 Å². The molecule has 0 aromatic heterocycles. The second kappa shape index (κ2) is 11.5. The molecule has 27 heavy (non-hydrogen) atoms. The molecule has 1 amide bonds. The van der Waals surface area contributed by atoms with Crippen molar-refractivity contribution in [2.75, 3.05) is 26.7 Å². The number of amides is 1. The molecule has 6 heteroatoms. The van der Waals surface area contributed by atoms with Gasteiger partial charge in [0.1, 0.15) is 5.75 Å². The van der Waals surface area contributed by atoms with E-state index >= 15 is 0 Å². The van der Waals surface area contributed by atoms with E-state index in [2.05, 4.69) is 39.1 Å². The molecule has 0 spiro atoms. The number of benzene rings is 1. The van der Waals surface area contributed by atoms with Gasteiger partial charge >= 0.3 is 0 Å². The van der Waals surface area contributed by atoms with Crippen LogP contribution in [0, 0.1) is 6.92 Å². The molecule has 1 aliphatic carbocycles. The molecule has 0 saturated heterocycles. The van der Waals surface area contributed by atoms with Crippen molar-refractivity contribution in [3.63, 3.8) is 0 Å². The van der Waals surface area contributed by atoms with Gasteiger partial charge in [0.2, 0.25) is 5.91 Å². The molecule has 0 heterocycles. The van der Waals surface area contributed by atoms with E-state index in [4.69, 9.17) is 4.74 Å². The number of rotatable bonds is 9. The summed E-state index contributed by atoms with van der Waals surface area (Å²) in [5.41, 5.74) is 2.36. The van der Waals surface area contributed by atoms with Gasteiger partial charge in [-0.25, -0.2) is 0 Å². The maximum absolute atomic E-state index is 12.0. The van der Waals surface area contributed by atoms with Gasteiger partial charge in [0.05, 0.1) is 13.7 Å². The maximum Gasteiger partial charge on any atom is 0.222 e. The fourth-order valence-corrected chi connectivity index (χ4v) is 3.33. The van der Waals surface area contributed by atoms with Gasteiger partial charge in [0.15, 0.2) is 5.96 Å². The van der Waals surface area contributed by atoms with Gasteiger partial charge in [0.25, 0.3) is 0 Å². The van der Waals surface area contributed by atoms with Crippen LogP contribution in [0.1, 0.15) is 50.2 Å². The Hall–Kier alpha value is -2.24. The second-order valence-electron chi connectivity index (χ2n) is 7.04. The van der Waals surface area contributed by atoms with Crippen molar-refractivity contribution >= 4 is 11.9 Å². The third-order valence-corrected chi connectivity index (χ3v) is 4.85. The summed E-state index contributed by atoms with van der Waals surface area (Å²) in [6.07, 6.45) is 5.99. The first kappa shape index (κ1) is 21.1. The van der Waals surface area contributed by atoms with Gasteiger partial charge in [0, 0.05) is 25.6 Å². The Kier molecular flexibility index (Phi) is 8.95. The summed E-state index contributed by atoms with van der Waals surface area (Å²) < 4.78 is 5.38. The Bertz CT molecular complexity index is 625. The molecular formula is C21H34N4O2. The third-order valence-electron chi connectivity index (χ3n) is 4.85. The molecule has 6 nitrogen and oxygen atoms in total. The highest BCUT2D eigenvalue weighted by Gasteiger charge is 2.16. The Balaban J connectivity index is 1.74. The third kappa shape index (κ3) is 7.49. The Labute approximate surface area is 163 Å². The van der Waals surface area contributed by atoms with Crippen LogP contribution >= 0.6 is 0 Å². The minimum Gasteiger partial charge on any atom is -0.496 e. The lowest BCUT2D eigenvalue weighted by molar-refractivity contribution is -0.121. The van der Waals surface area contributed by atoms with Gasteiger partial charge in [-0.3, -0.25) is 9.79 Å². The van der Waals surface area contributed by atoms with Gasteiger partial charge in [-0.1, -0.05) is 25.0 Å². The van der Waals surface area contributed by atoms with E-state index in [9.17, 15) is 4.79 Å². The predicted molar refractivity (Wildman–Crippen MR) is 110 cm³/mol. The first-order valence-corrected chi connectivity index (χ1v) is 10.1. The largest absolute Gasteiger partial charge is 0.496 e. The Morgan fingerprint density at radius 1 is 1.26 bits per heavy atom. The molecule has 3 N–H and O–H groups in total. The molecule has 0 unspecified atom stereocenters. The predicted octanol–water partition coefficient (Wildman–Crippen LogP) is 2.55. The maximum atomic E-state index is 12.0.